The Bertz CT molecular complexity index is 465. The van der Waals surface area contributed by atoms with Gasteiger partial charge in [0.1, 0.15) is 0 Å². The number of hydrogen-bond donors (Lipinski definition) is 0. The van der Waals surface area contributed by atoms with Gasteiger partial charge in [0.05, 0.1) is 25.2 Å². The first-order valence-corrected chi connectivity index (χ1v) is 4.86. The maximum atomic E-state index is 5.45. The van der Waals surface area contributed by atoms with Gasteiger partial charge in [0.2, 0.25) is 0 Å². The van der Waals surface area contributed by atoms with Crippen molar-refractivity contribution in [2.24, 2.45) is 0 Å². The number of rotatable bonds is 3. The van der Waals surface area contributed by atoms with Crippen LogP contribution < -0.4 is 9.47 Å². The minimum Gasteiger partial charge on any atom is -0.493 e. The van der Waals surface area contributed by atoms with Gasteiger partial charge in [-0.2, -0.15) is 0 Å². The Kier molecular flexibility index (Phi) is 2.72. The van der Waals surface area contributed by atoms with Crippen LogP contribution in [0.2, 0.25) is 0 Å². The van der Waals surface area contributed by atoms with Gasteiger partial charge >= 0.3 is 11.8 Å². The van der Waals surface area contributed by atoms with E-state index in [9.17, 15) is 0 Å². The van der Waals surface area contributed by atoms with Gasteiger partial charge in [-0.3, -0.25) is 0 Å². The summed E-state index contributed by atoms with van der Waals surface area (Å²) in [7, 11) is 1.63. The third kappa shape index (κ3) is 1.86. The number of benzene rings is 1. The summed E-state index contributed by atoms with van der Waals surface area (Å²) in [5, 5.41) is 0.998. The summed E-state index contributed by atoms with van der Waals surface area (Å²) in [4.78, 5) is 0. The van der Waals surface area contributed by atoms with Crippen molar-refractivity contribution in [3.63, 3.8) is 0 Å². The van der Waals surface area contributed by atoms with Crippen molar-refractivity contribution in [3.05, 3.63) is 30.5 Å². The molecule has 1 heterocycles. The Morgan fingerprint density at radius 1 is 1.27 bits per heavy atom. The van der Waals surface area contributed by atoms with Crippen LogP contribution in [-0.4, -0.2) is 13.7 Å². The molecule has 0 bridgehead atoms. The van der Waals surface area contributed by atoms with Crippen molar-refractivity contribution in [3.8, 4) is 11.5 Å². The van der Waals surface area contributed by atoms with E-state index in [1.165, 1.54) is 0 Å². The van der Waals surface area contributed by atoms with Gasteiger partial charge in [-0.15, -0.1) is 0 Å². The molecular weight excluding hydrogens is 192 g/mol. The van der Waals surface area contributed by atoms with Crippen molar-refractivity contribution in [1.29, 1.82) is 0 Å². The van der Waals surface area contributed by atoms with Crippen molar-refractivity contribution < 1.29 is 13.9 Å². The average Bonchev–Trinajstić information content (AvgIpc) is 2.28. The first-order chi connectivity index (χ1) is 7.35. The van der Waals surface area contributed by atoms with Crippen molar-refractivity contribution in [2.45, 2.75) is 6.92 Å². The molecule has 1 aromatic heterocycles. The molecule has 0 radical (unpaired) electrons. The Morgan fingerprint density at radius 3 is 2.87 bits per heavy atom. The quantitative estimate of drug-likeness (QED) is 0.721. The molecule has 3 nitrogen and oxygen atoms in total. The predicted molar refractivity (Wildman–Crippen MR) is 58.3 cm³/mol. The molecule has 0 fully saturated rings. The molecule has 15 heavy (non-hydrogen) atoms. The molecule has 0 aliphatic rings. The summed E-state index contributed by atoms with van der Waals surface area (Å²) in [6, 6.07) is 7.57. The monoisotopic (exact) mass is 205 g/mol. The van der Waals surface area contributed by atoms with Gasteiger partial charge in [-0.05, 0) is 13.0 Å². The minimum absolute atomic E-state index is 0.606. The molecule has 3 heteroatoms. The van der Waals surface area contributed by atoms with Crippen molar-refractivity contribution in [1.82, 2.24) is 0 Å². The molecule has 0 aliphatic heterocycles. The minimum atomic E-state index is 0.606. The van der Waals surface area contributed by atoms with E-state index in [1.807, 2.05) is 31.2 Å². The van der Waals surface area contributed by atoms with Gasteiger partial charge < -0.3 is 9.47 Å². The second-order valence-corrected chi connectivity index (χ2v) is 3.09. The van der Waals surface area contributed by atoms with Crippen LogP contribution in [0.25, 0.3) is 11.0 Å². The molecule has 0 aliphatic carbocycles. The zero-order valence-corrected chi connectivity index (χ0v) is 8.82. The van der Waals surface area contributed by atoms with E-state index >= 15 is 0 Å². The largest absolute Gasteiger partial charge is 0.493 e. The smallest absolute Gasteiger partial charge is 0.363 e. The third-order valence-electron chi connectivity index (χ3n) is 2.15. The van der Waals surface area contributed by atoms with Crippen LogP contribution in [-0.2, 0) is 0 Å². The van der Waals surface area contributed by atoms with Gasteiger partial charge in [0.25, 0.3) is 0 Å². The number of ether oxygens (including phenoxy) is 2. The Hall–Kier alpha value is -1.77. The maximum Gasteiger partial charge on any atom is 0.363 e. The molecule has 2 rings (SSSR count). The van der Waals surface area contributed by atoms with Gasteiger partial charge in [-0.25, -0.2) is 4.42 Å². The summed E-state index contributed by atoms with van der Waals surface area (Å²) in [5.74, 6) is 1.44. The van der Waals surface area contributed by atoms with Crippen LogP contribution in [0, 0.1) is 0 Å². The van der Waals surface area contributed by atoms with Crippen LogP contribution >= 0.6 is 0 Å². The summed E-state index contributed by atoms with van der Waals surface area (Å²) >= 11 is 0. The van der Waals surface area contributed by atoms with E-state index < -0.39 is 0 Å². The van der Waals surface area contributed by atoms with Crippen LogP contribution in [0.15, 0.2) is 34.9 Å². The number of fused-ring (bicyclic) bond motifs is 1. The fourth-order valence-electron chi connectivity index (χ4n) is 1.47. The number of hydrogen-bond acceptors (Lipinski definition) is 2. The fraction of sp³-hybridized carbons (Fsp3) is 0.250. The number of methoxy groups -OCH3 is 1. The van der Waals surface area contributed by atoms with Crippen LogP contribution in [0.4, 0.5) is 0 Å². The first-order valence-electron chi connectivity index (χ1n) is 4.86. The Balaban J connectivity index is 2.58. The highest BCUT2D eigenvalue weighted by Gasteiger charge is 2.12. The van der Waals surface area contributed by atoms with Crippen LogP contribution in [0.1, 0.15) is 6.92 Å². The van der Waals surface area contributed by atoms with E-state index in [4.69, 9.17) is 13.9 Å². The molecular formula is C12H13O3+. The predicted octanol–water partition coefficient (Wildman–Crippen LogP) is 3.12. The third-order valence-corrected chi connectivity index (χ3v) is 2.15. The molecule has 1 aromatic carbocycles. The molecule has 0 unspecified atom stereocenters. The molecule has 2 aromatic rings. The normalized spacial score (nSPS) is 10.3. The zero-order valence-electron chi connectivity index (χ0n) is 8.82. The summed E-state index contributed by atoms with van der Waals surface area (Å²) in [5.41, 5.74) is 0.793. The van der Waals surface area contributed by atoms with Crippen molar-refractivity contribution >= 4 is 11.0 Å². The second kappa shape index (κ2) is 4.17. The van der Waals surface area contributed by atoms with E-state index in [1.54, 1.807) is 13.4 Å². The summed E-state index contributed by atoms with van der Waals surface area (Å²) < 4.78 is 16.1. The molecule has 0 saturated carbocycles. The van der Waals surface area contributed by atoms with Gasteiger partial charge in [0.15, 0.2) is 11.5 Å². The Labute approximate surface area is 88.2 Å². The van der Waals surface area contributed by atoms with Crippen molar-refractivity contribution in [2.75, 3.05) is 13.7 Å². The second-order valence-electron chi connectivity index (χ2n) is 3.09. The van der Waals surface area contributed by atoms with Gasteiger partial charge in [-0.1, -0.05) is 0 Å². The van der Waals surface area contributed by atoms with Gasteiger partial charge in [0, 0.05) is 12.1 Å². The van der Waals surface area contributed by atoms with E-state index in [2.05, 4.69) is 0 Å². The standard InChI is InChI=1S/C12H13O3/c1-3-14-12-8-10-9(5-4-6-15-10)7-11(12)13-2/h4-8H,3H2,1-2H3/q+1. The van der Waals surface area contributed by atoms with Crippen LogP contribution in [0.5, 0.6) is 11.5 Å². The highest BCUT2D eigenvalue weighted by molar-refractivity contribution is 5.80. The average molecular weight is 205 g/mol. The van der Waals surface area contributed by atoms with E-state index in [0.29, 0.717) is 12.4 Å². The SMILES string of the molecule is CCOc1cc2[o+]cccc2cc1OC. The lowest BCUT2D eigenvalue weighted by atomic mass is 10.2. The molecule has 78 valence electrons. The zero-order chi connectivity index (χ0) is 10.7. The van der Waals surface area contributed by atoms with E-state index in [0.717, 1.165) is 16.7 Å². The topological polar surface area (TPSA) is 29.8 Å². The summed E-state index contributed by atoms with van der Waals surface area (Å²) in [6.45, 7) is 2.54. The summed E-state index contributed by atoms with van der Waals surface area (Å²) in [6.07, 6.45) is 1.64. The first kappa shape index (κ1) is 9.77. The molecule has 0 amide bonds. The lowest BCUT2D eigenvalue weighted by Crippen LogP contribution is -1.95. The highest BCUT2D eigenvalue weighted by atomic mass is 16.5. The Morgan fingerprint density at radius 2 is 2.13 bits per heavy atom. The molecule has 0 spiro atoms. The lowest BCUT2D eigenvalue weighted by Gasteiger charge is -2.07. The molecule has 0 saturated heterocycles. The molecule has 0 N–H and O–H groups in total. The molecule has 0 atom stereocenters. The fourth-order valence-corrected chi connectivity index (χ4v) is 1.47. The lowest BCUT2D eigenvalue weighted by molar-refractivity contribution is 0.311. The highest BCUT2D eigenvalue weighted by Crippen LogP contribution is 2.32. The maximum absolute atomic E-state index is 5.45. The van der Waals surface area contributed by atoms with E-state index in [-0.39, 0.29) is 0 Å². The van der Waals surface area contributed by atoms with Crippen LogP contribution in [0.3, 0.4) is 0 Å².